The minimum atomic E-state index is -0.399. The Labute approximate surface area is 104 Å². The number of nitrogens with one attached hydrogen (secondary N) is 1. The van der Waals surface area contributed by atoms with Gasteiger partial charge in [-0.05, 0) is 19.4 Å². The van der Waals surface area contributed by atoms with E-state index < -0.39 is 5.69 Å². The monoisotopic (exact) mass is 248 g/mol. The summed E-state index contributed by atoms with van der Waals surface area (Å²) in [5, 5.41) is 4.39. The van der Waals surface area contributed by atoms with Crippen molar-refractivity contribution in [2.45, 2.75) is 33.4 Å². The van der Waals surface area contributed by atoms with Crippen molar-refractivity contribution in [3.8, 4) is 0 Å². The molecule has 0 aliphatic rings. The molecule has 0 fully saturated rings. The van der Waals surface area contributed by atoms with Crippen LogP contribution in [0.1, 0.15) is 25.2 Å². The second kappa shape index (κ2) is 5.03. The summed E-state index contributed by atoms with van der Waals surface area (Å²) in [7, 11) is 0. The van der Waals surface area contributed by atoms with Gasteiger partial charge < -0.3 is 4.98 Å². The summed E-state index contributed by atoms with van der Waals surface area (Å²) in [4.78, 5) is 25.7. The second-order valence-electron chi connectivity index (χ2n) is 4.00. The first-order chi connectivity index (χ1) is 8.65. The molecule has 0 unspecified atom stereocenters. The second-order valence-corrected chi connectivity index (χ2v) is 4.00. The van der Waals surface area contributed by atoms with Gasteiger partial charge in [-0.2, -0.15) is 5.10 Å². The molecule has 2 aromatic heterocycles. The Morgan fingerprint density at radius 1 is 1.33 bits per heavy atom. The van der Waals surface area contributed by atoms with Gasteiger partial charge in [-0.3, -0.25) is 14.0 Å². The lowest BCUT2D eigenvalue weighted by Gasteiger charge is -2.05. The van der Waals surface area contributed by atoms with Gasteiger partial charge in [-0.1, -0.05) is 6.92 Å². The number of rotatable bonds is 4. The third kappa shape index (κ3) is 2.27. The topological polar surface area (TPSA) is 72.7 Å². The average Bonchev–Trinajstić information content (AvgIpc) is 2.76. The van der Waals surface area contributed by atoms with E-state index in [1.165, 1.54) is 16.8 Å². The normalized spacial score (nSPS) is 10.8. The number of aryl methyl sites for hydroxylation is 2. The molecule has 0 atom stereocenters. The lowest BCUT2D eigenvalue weighted by molar-refractivity contribution is 0.578. The van der Waals surface area contributed by atoms with Crippen molar-refractivity contribution in [3.63, 3.8) is 0 Å². The first-order valence-corrected chi connectivity index (χ1v) is 5.99. The Balaban J connectivity index is 2.42. The summed E-state index contributed by atoms with van der Waals surface area (Å²) in [6.07, 6.45) is 2.19. The van der Waals surface area contributed by atoms with Crippen LogP contribution in [-0.4, -0.2) is 19.3 Å². The molecule has 2 rings (SSSR count). The van der Waals surface area contributed by atoms with Gasteiger partial charge in [0.05, 0.1) is 17.9 Å². The van der Waals surface area contributed by atoms with E-state index in [0.29, 0.717) is 0 Å². The van der Waals surface area contributed by atoms with Crippen LogP contribution in [-0.2, 0) is 19.5 Å². The van der Waals surface area contributed by atoms with E-state index in [9.17, 15) is 9.59 Å². The zero-order valence-corrected chi connectivity index (χ0v) is 10.5. The molecule has 0 spiro atoms. The third-order valence-corrected chi connectivity index (χ3v) is 2.84. The van der Waals surface area contributed by atoms with Gasteiger partial charge in [0, 0.05) is 18.8 Å². The fourth-order valence-corrected chi connectivity index (χ4v) is 1.85. The molecular weight excluding hydrogens is 232 g/mol. The Hall–Kier alpha value is -2.11. The van der Waals surface area contributed by atoms with Crippen molar-refractivity contribution in [2.24, 2.45) is 0 Å². The van der Waals surface area contributed by atoms with Crippen LogP contribution >= 0.6 is 0 Å². The molecule has 2 aromatic rings. The molecule has 0 saturated carbocycles. The van der Waals surface area contributed by atoms with Gasteiger partial charge in [0.25, 0.3) is 5.56 Å². The van der Waals surface area contributed by atoms with Crippen molar-refractivity contribution < 1.29 is 0 Å². The third-order valence-electron chi connectivity index (χ3n) is 2.84. The molecule has 6 heteroatoms. The Morgan fingerprint density at radius 3 is 2.72 bits per heavy atom. The number of aromatic nitrogens is 4. The zero-order chi connectivity index (χ0) is 13.1. The fourth-order valence-electron chi connectivity index (χ4n) is 1.85. The Kier molecular flexibility index (Phi) is 3.45. The SMILES string of the molecule is CCc1cc(Cn2c(=O)cc[nH]c2=O)n(CC)n1. The van der Waals surface area contributed by atoms with Crippen molar-refractivity contribution >= 4 is 0 Å². The molecule has 1 N–H and O–H groups in total. The molecular formula is C12H16N4O2. The zero-order valence-electron chi connectivity index (χ0n) is 10.5. The number of H-pyrrole nitrogens is 1. The summed E-state index contributed by atoms with van der Waals surface area (Å²) in [6.45, 7) is 4.96. The molecule has 0 aliphatic carbocycles. The highest BCUT2D eigenvalue weighted by molar-refractivity contribution is 5.11. The summed E-state index contributed by atoms with van der Waals surface area (Å²) in [5.74, 6) is 0. The molecule has 96 valence electrons. The highest BCUT2D eigenvalue weighted by Crippen LogP contribution is 2.06. The summed E-state index contributed by atoms with van der Waals surface area (Å²) in [5.41, 5.74) is 1.13. The van der Waals surface area contributed by atoms with Gasteiger partial charge in [0.15, 0.2) is 0 Å². The highest BCUT2D eigenvalue weighted by Gasteiger charge is 2.08. The van der Waals surface area contributed by atoms with Crippen LogP contribution in [0, 0.1) is 0 Å². The van der Waals surface area contributed by atoms with Crippen LogP contribution in [0.15, 0.2) is 27.9 Å². The predicted molar refractivity (Wildman–Crippen MR) is 67.7 cm³/mol. The van der Waals surface area contributed by atoms with E-state index in [2.05, 4.69) is 10.1 Å². The van der Waals surface area contributed by atoms with Crippen LogP contribution < -0.4 is 11.2 Å². The minimum Gasteiger partial charge on any atom is -0.314 e. The summed E-state index contributed by atoms with van der Waals surface area (Å²) in [6, 6.07) is 3.27. The molecule has 0 radical (unpaired) electrons. The van der Waals surface area contributed by atoms with Gasteiger partial charge >= 0.3 is 5.69 Å². The molecule has 2 heterocycles. The quantitative estimate of drug-likeness (QED) is 0.849. The fraction of sp³-hybridized carbons (Fsp3) is 0.417. The first-order valence-electron chi connectivity index (χ1n) is 5.99. The Morgan fingerprint density at radius 2 is 2.11 bits per heavy atom. The molecule has 0 bridgehead atoms. The van der Waals surface area contributed by atoms with E-state index >= 15 is 0 Å². The molecule has 18 heavy (non-hydrogen) atoms. The maximum Gasteiger partial charge on any atom is 0.328 e. The van der Waals surface area contributed by atoms with Gasteiger partial charge in [-0.15, -0.1) is 0 Å². The largest absolute Gasteiger partial charge is 0.328 e. The number of aromatic amines is 1. The number of hydrogen-bond donors (Lipinski definition) is 1. The van der Waals surface area contributed by atoms with Crippen molar-refractivity contribution in [1.82, 2.24) is 19.3 Å². The lowest BCUT2D eigenvalue weighted by Crippen LogP contribution is -2.34. The smallest absolute Gasteiger partial charge is 0.314 e. The average molecular weight is 248 g/mol. The van der Waals surface area contributed by atoms with Crippen LogP contribution in [0.3, 0.4) is 0 Å². The maximum absolute atomic E-state index is 11.6. The van der Waals surface area contributed by atoms with Crippen molar-refractivity contribution in [1.29, 1.82) is 0 Å². The van der Waals surface area contributed by atoms with E-state index in [1.54, 1.807) is 0 Å². The van der Waals surface area contributed by atoms with E-state index in [0.717, 1.165) is 24.4 Å². The van der Waals surface area contributed by atoms with Crippen LogP contribution in [0.5, 0.6) is 0 Å². The standard InChI is InChI=1S/C12H16N4O2/c1-3-9-7-10(16(4-2)14-9)8-15-11(17)5-6-13-12(15)18/h5-7H,3-4,8H2,1-2H3,(H,13,18). The van der Waals surface area contributed by atoms with E-state index in [1.807, 2.05) is 24.6 Å². The van der Waals surface area contributed by atoms with Crippen LogP contribution in [0.2, 0.25) is 0 Å². The number of nitrogens with zero attached hydrogens (tertiary/aromatic N) is 3. The molecule has 0 aliphatic heterocycles. The first kappa shape index (κ1) is 12.3. The number of hydrogen-bond acceptors (Lipinski definition) is 3. The van der Waals surface area contributed by atoms with Gasteiger partial charge in [0.1, 0.15) is 0 Å². The van der Waals surface area contributed by atoms with E-state index in [4.69, 9.17) is 0 Å². The van der Waals surface area contributed by atoms with Crippen LogP contribution in [0.25, 0.3) is 0 Å². The van der Waals surface area contributed by atoms with E-state index in [-0.39, 0.29) is 12.1 Å². The summed E-state index contributed by atoms with van der Waals surface area (Å²) < 4.78 is 2.99. The van der Waals surface area contributed by atoms with Crippen molar-refractivity contribution in [3.05, 3.63) is 50.6 Å². The minimum absolute atomic E-state index is 0.246. The van der Waals surface area contributed by atoms with Gasteiger partial charge in [-0.25, -0.2) is 4.79 Å². The lowest BCUT2D eigenvalue weighted by atomic mass is 10.3. The molecule has 0 aromatic carbocycles. The molecule has 0 amide bonds. The summed E-state index contributed by atoms with van der Waals surface area (Å²) >= 11 is 0. The maximum atomic E-state index is 11.6. The predicted octanol–water partition coefficient (Wildman–Crippen LogP) is 0.364. The highest BCUT2D eigenvalue weighted by atomic mass is 16.2. The van der Waals surface area contributed by atoms with Gasteiger partial charge in [0.2, 0.25) is 0 Å². The van der Waals surface area contributed by atoms with Crippen LogP contribution in [0.4, 0.5) is 0 Å². The Bertz CT molecular complexity index is 622. The molecule has 6 nitrogen and oxygen atoms in total. The van der Waals surface area contributed by atoms with Crippen molar-refractivity contribution in [2.75, 3.05) is 0 Å². The molecule has 0 saturated heterocycles.